The zero-order valence-corrected chi connectivity index (χ0v) is 85.0. The molecule has 0 atom stereocenters. The van der Waals surface area contributed by atoms with Crippen molar-refractivity contribution in [2.75, 3.05) is 10.9 Å². The van der Waals surface area contributed by atoms with E-state index in [2.05, 4.69) is 81.9 Å². The van der Waals surface area contributed by atoms with Crippen molar-refractivity contribution in [3.63, 3.8) is 0 Å². The molecule has 0 amide bonds. The minimum atomic E-state index is -1.67. The number of nitrogens with one attached hydrogen (secondary N) is 2. The van der Waals surface area contributed by atoms with Crippen molar-refractivity contribution in [2.24, 2.45) is 129 Å². The number of carbonyl (C=O) groups excluding carboxylic acids is 6. The number of hydrogen-bond donors (Lipinski definition) is 6. The van der Waals surface area contributed by atoms with Crippen molar-refractivity contribution in [1.82, 2.24) is 9.97 Å². The van der Waals surface area contributed by atoms with Crippen LogP contribution in [0, 0.1) is 118 Å². The molecule has 10 aliphatic rings. The van der Waals surface area contributed by atoms with Crippen LogP contribution in [0.3, 0.4) is 0 Å². The van der Waals surface area contributed by atoms with Crippen LogP contribution in [-0.4, -0.2) is 78.1 Å². The van der Waals surface area contributed by atoms with Crippen molar-refractivity contribution in [3.05, 3.63) is 120 Å². The lowest BCUT2D eigenvalue weighted by atomic mass is 9.69. The number of nitrogens with two attached hydrogens (primary N) is 1. The summed E-state index contributed by atoms with van der Waals surface area (Å²) in [4.78, 5) is 94.7. The first-order chi connectivity index (χ1) is 66.0. The summed E-state index contributed by atoms with van der Waals surface area (Å²) < 4.78 is 34.9. The average Bonchev–Trinajstić information content (AvgIpc) is 1.23. The van der Waals surface area contributed by atoms with Crippen LogP contribution in [0.2, 0.25) is 0 Å². The second-order valence-corrected chi connectivity index (χ2v) is 45.7. The summed E-state index contributed by atoms with van der Waals surface area (Å²) in [5, 5.41) is 32.6. The molecule has 2 heterocycles. The number of nitrogens with zero attached hydrogens (tertiary/aromatic N) is 3. The number of phenolic OH excluding ortho intramolecular Hbond substituents is 2. The van der Waals surface area contributed by atoms with Crippen molar-refractivity contribution in [1.29, 1.82) is 0 Å². The Balaban J connectivity index is 0.000000173. The number of phenols is 2. The van der Waals surface area contributed by atoms with E-state index in [1.54, 1.807) is 47.9 Å². The molecule has 0 unspecified atom stereocenters. The van der Waals surface area contributed by atoms with Crippen LogP contribution >= 0.6 is 44.0 Å². The van der Waals surface area contributed by atoms with Crippen molar-refractivity contribution < 1.29 is 72.0 Å². The summed E-state index contributed by atoms with van der Waals surface area (Å²) in [7, 11) is 7.36. The zero-order valence-electron chi connectivity index (χ0n) is 81.1. The largest absolute Gasteiger partial charge is 0.508 e. The van der Waals surface area contributed by atoms with Gasteiger partial charge in [-0.15, -0.1) is 0 Å². The third-order valence-electron chi connectivity index (χ3n) is 33.4. The summed E-state index contributed by atoms with van der Waals surface area (Å²) in [5.41, 5.74) is 8.40. The molecule has 0 aliphatic heterocycles. The molecule has 0 saturated heterocycles. The van der Waals surface area contributed by atoms with Crippen LogP contribution in [-0.2, 0) is 33.2 Å². The third-order valence-corrected chi connectivity index (χ3v) is 35.3. The van der Waals surface area contributed by atoms with Gasteiger partial charge < -0.3 is 34.3 Å². The molecule has 7 N–H and O–H groups in total. The van der Waals surface area contributed by atoms with E-state index in [0.29, 0.717) is 40.5 Å². The van der Waals surface area contributed by atoms with Gasteiger partial charge in [-0.05, 0) is 360 Å². The van der Waals surface area contributed by atoms with Gasteiger partial charge in [0.25, 0.3) is 0 Å². The highest BCUT2D eigenvalue weighted by molar-refractivity contribution is 8.26. The number of aliphatic carboxylic acids is 1. The number of rotatable bonds is 25. The number of fused-ring (bicyclic) bond motifs is 2. The number of carboxylic acid groups (broad SMARTS) is 1. The zero-order chi connectivity index (χ0) is 96.4. The number of benzene rings is 5. The fraction of sp³-hybridized carbons (Fsp3) is 0.636. The number of hydrogen-bond acceptors (Lipinski definition) is 22. The van der Waals surface area contributed by atoms with Crippen LogP contribution in [0.5, 0.6) is 34.5 Å². The number of hydrazone groups is 1. The topological polar surface area (TPSA) is 322 Å². The minimum absolute atomic E-state index is 0.0279. The number of nitrogen functional groups attached to an aromatic ring is 1. The predicted molar refractivity (Wildman–Crippen MR) is 548 cm³/mol. The van der Waals surface area contributed by atoms with Gasteiger partial charge in [0.15, 0.2) is 17.7 Å². The highest BCUT2D eigenvalue weighted by Gasteiger charge is 2.40. The Morgan fingerprint density at radius 2 is 0.676 bits per heavy atom. The summed E-state index contributed by atoms with van der Waals surface area (Å²) >= 11 is 3.07. The number of aromatic nitrogens is 2. The Labute approximate surface area is 826 Å². The van der Waals surface area contributed by atoms with E-state index in [1.807, 2.05) is 48.5 Å². The number of para-hydroxylation sites is 2. The first-order valence-electron chi connectivity index (χ1n) is 52.0. The Bertz CT molecular complexity index is 4860. The number of hydrazine groups is 1. The molecular formula is C110H152Cl2N6O15S3. The summed E-state index contributed by atoms with van der Waals surface area (Å²) in [6.07, 6.45) is 56.9. The predicted octanol–water partition coefficient (Wildman–Crippen LogP) is 28.6. The van der Waals surface area contributed by atoms with Gasteiger partial charge in [0, 0.05) is 26.9 Å². The standard InChI is InChI=1S/C44H59N3O4S.C37H54O5.C15H26O2.C7H7N3S.C7H6O3.Cl2OS/c1-3-29-9-13-31(14-10-29)33-17-21-35(22-18-33)42(48)50-38-25-26-40(37(27-38)28-45-47-44-46-39-7-5-6-8-41(39)52-44)51-43(49)36-23-19-34(20-24-36)32-15-11-30(4-2)12-16-32;1-3-25-5-9-27(10-6-25)29-13-17-31(18-14-29)36(39)41-34-21-22-35(33(23-34)24-38)42-37(40)32-19-15-30(16-20-32)28-11-7-26(4-2)8-12-28;1-2-11-3-5-12(6-4-11)13-7-9-14(10-8-13)15(16)17;8-10-7-9-5-3-1-2-4-6(5)11-7;8-4-5-3-6(9)1-2-7(5)10;1-4(2)3/h5-8,25-36H,3-4,9-24H2,1-2H3,(H,46,47);21-32H,3-20H2,1-2H3;11-14H,2-10H2,1H3,(H,16,17);1-4H,8H2,(H,9,10);1-4,9-10H;/b45-28+;;;;;. The molecule has 744 valence electrons. The van der Waals surface area contributed by atoms with E-state index in [0.717, 1.165) is 230 Å². The Morgan fingerprint density at radius 1 is 0.390 bits per heavy atom. The molecule has 21 nitrogen and oxygen atoms in total. The number of carboxylic acids is 1. The van der Waals surface area contributed by atoms with Crippen molar-refractivity contribution in [2.45, 2.75) is 324 Å². The van der Waals surface area contributed by atoms with E-state index in [1.165, 1.54) is 209 Å². The maximum Gasteiger partial charge on any atom is 0.314 e. The second-order valence-electron chi connectivity index (χ2n) is 41.1. The molecule has 0 spiro atoms. The molecule has 10 saturated carbocycles. The van der Waals surface area contributed by atoms with Gasteiger partial charge in [-0.25, -0.2) is 20.0 Å². The maximum absolute atomic E-state index is 13.5. The number of aldehydes is 2. The Hall–Kier alpha value is -7.87. The van der Waals surface area contributed by atoms with E-state index in [-0.39, 0.29) is 81.8 Å². The minimum Gasteiger partial charge on any atom is -0.508 e. The number of halogens is 2. The number of esters is 4. The summed E-state index contributed by atoms with van der Waals surface area (Å²) in [6, 6.07) is 29.7. The van der Waals surface area contributed by atoms with Crippen LogP contribution in [0.25, 0.3) is 20.4 Å². The summed E-state index contributed by atoms with van der Waals surface area (Å²) in [5.74, 6) is 17.4. The quantitative estimate of drug-likeness (QED) is 0.00452. The van der Waals surface area contributed by atoms with Crippen LogP contribution in [0.1, 0.15) is 350 Å². The molecule has 10 fully saturated rings. The van der Waals surface area contributed by atoms with Crippen molar-refractivity contribution in [3.8, 4) is 34.5 Å². The molecule has 0 bridgehead atoms. The van der Waals surface area contributed by atoms with Crippen molar-refractivity contribution >= 4 is 133 Å². The Morgan fingerprint density at radius 3 is 0.978 bits per heavy atom. The number of carbonyl (C=O) groups is 7. The highest BCUT2D eigenvalue weighted by atomic mass is 36.0. The summed E-state index contributed by atoms with van der Waals surface area (Å²) in [6.45, 7) is 11.6. The molecule has 2 aromatic heterocycles. The molecule has 10 aliphatic carbocycles. The van der Waals surface area contributed by atoms with Gasteiger partial charge >= 0.3 is 29.8 Å². The number of ether oxygens (including phenoxy) is 4. The van der Waals surface area contributed by atoms with Crippen LogP contribution in [0.4, 0.5) is 10.3 Å². The molecule has 7 aromatic rings. The lowest BCUT2D eigenvalue weighted by molar-refractivity contribution is -0.143. The molecule has 26 heteroatoms. The van der Waals surface area contributed by atoms with Gasteiger partial charge in [-0.3, -0.25) is 44.4 Å². The molecule has 136 heavy (non-hydrogen) atoms. The highest BCUT2D eigenvalue weighted by Crippen LogP contribution is 2.49. The SMILES string of the molecule is CCC1CCC(C2CCC(C(=O)O)CC2)CC1.CCC1CCC(C2CCC(C(=O)Oc3ccc(OC(=O)C4CCC(C5CCC(CC)CC5)CC4)c(/C=N/Nc4nc5ccccc5s4)c3)CC2)CC1.CCC1CCC(C2CCC(C(=O)Oc3ccc(OC(=O)C4CCC(C5CCC(CC)CC5)CC4)c(C=O)c3)CC2)CC1.NNc1nc2ccccc2s1.O=Cc1cc(O)ccc1O.O=S(Cl)Cl. The van der Waals surface area contributed by atoms with Crippen LogP contribution in [0.15, 0.2) is 108 Å². The van der Waals surface area contributed by atoms with Crippen LogP contribution < -0.4 is 35.6 Å². The molecule has 17 rings (SSSR count). The normalized spacial score (nSPS) is 28.5. The van der Waals surface area contributed by atoms with Gasteiger partial charge in [0.2, 0.25) is 14.4 Å². The number of thiazole rings is 2. The first-order valence-corrected chi connectivity index (χ1v) is 56.4. The Kier molecular flexibility index (Phi) is 43.6. The molecule has 5 aromatic carbocycles. The van der Waals surface area contributed by atoms with E-state index in [9.17, 15) is 33.6 Å². The van der Waals surface area contributed by atoms with Gasteiger partial charge in [0.05, 0.1) is 67.4 Å². The van der Waals surface area contributed by atoms with E-state index >= 15 is 0 Å². The van der Waals surface area contributed by atoms with E-state index in [4.69, 9.17) is 44.3 Å². The molecular weight excluding hydrogens is 1810 g/mol. The second kappa shape index (κ2) is 55.4. The molecule has 0 radical (unpaired) electrons. The van der Waals surface area contributed by atoms with Gasteiger partial charge in [-0.2, -0.15) is 5.10 Å². The maximum atomic E-state index is 13.5. The first kappa shape index (κ1) is 107. The fourth-order valence-electron chi connectivity index (χ4n) is 24.5. The fourth-order valence-corrected chi connectivity index (χ4v) is 26.1. The lowest BCUT2D eigenvalue weighted by Crippen LogP contribution is -2.30. The van der Waals surface area contributed by atoms with Gasteiger partial charge in [-0.1, -0.05) is 178 Å². The third kappa shape index (κ3) is 32.3. The van der Waals surface area contributed by atoms with Gasteiger partial charge in [0.1, 0.15) is 34.5 Å². The number of anilines is 2. The van der Waals surface area contributed by atoms with E-state index < -0.39 is 15.2 Å². The lowest BCUT2D eigenvalue weighted by Gasteiger charge is -2.37. The monoisotopic (exact) mass is 1960 g/mol. The average molecular weight is 1970 g/mol. The number of aromatic hydroxyl groups is 2. The smallest absolute Gasteiger partial charge is 0.314 e.